The third kappa shape index (κ3) is 2.60. The third-order valence-corrected chi connectivity index (χ3v) is 2.73. The van der Waals surface area contributed by atoms with E-state index >= 15 is 0 Å². The maximum absolute atomic E-state index is 11.2. The van der Waals surface area contributed by atoms with Gasteiger partial charge in [-0.25, -0.2) is 0 Å². The van der Waals surface area contributed by atoms with Crippen LogP contribution in [0.4, 0.5) is 0 Å². The Morgan fingerprint density at radius 1 is 1.06 bits per heavy atom. The summed E-state index contributed by atoms with van der Waals surface area (Å²) in [6.45, 7) is 1.60. The molecular formula is C15H14O2. The molecule has 0 aliphatic rings. The summed E-state index contributed by atoms with van der Waals surface area (Å²) in [5.74, 6) is 0.0701. The van der Waals surface area contributed by atoms with Crippen molar-refractivity contribution < 1.29 is 9.90 Å². The van der Waals surface area contributed by atoms with E-state index < -0.39 is 0 Å². The fourth-order valence-corrected chi connectivity index (χ4v) is 1.75. The summed E-state index contributed by atoms with van der Waals surface area (Å²) in [6.07, 6.45) is 0. The number of hydrogen-bond donors (Lipinski definition) is 1. The van der Waals surface area contributed by atoms with Crippen molar-refractivity contribution in [2.24, 2.45) is 0 Å². The molecule has 2 aromatic rings. The molecule has 0 aliphatic heterocycles. The number of Topliss-reactive ketones (excluding diaryl/α,β-unsaturated/α-hetero) is 1. The summed E-state index contributed by atoms with van der Waals surface area (Å²) in [6, 6.07) is 15.2. The summed E-state index contributed by atoms with van der Waals surface area (Å²) in [7, 11) is 0. The second-order valence-electron chi connectivity index (χ2n) is 3.99. The van der Waals surface area contributed by atoms with Crippen LogP contribution in [0.25, 0.3) is 11.1 Å². The zero-order valence-electron chi connectivity index (χ0n) is 9.68. The van der Waals surface area contributed by atoms with Gasteiger partial charge in [0.05, 0.1) is 6.61 Å². The van der Waals surface area contributed by atoms with Gasteiger partial charge in [0, 0.05) is 5.56 Å². The van der Waals surface area contributed by atoms with E-state index in [1.54, 1.807) is 6.92 Å². The van der Waals surface area contributed by atoms with E-state index in [-0.39, 0.29) is 12.4 Å². The van der Waals surface area contributed by atoms with Gasteiger partial charge in [0.25, 0.3) is 0 Å². The average molecular weight is 226 g/mol. The Balaban J connectivity index is 2.36. The van der Waals surface area contributed by atoms with E-state index in [0.29, 0.717) is 5.56 Å². The van der Waals surface area contributed by atoms with Crippen molar-refractivity contribution in [2.75, 3.05) is 0 Å². The van der Waals surface area contributed by atoms with E-state index in [0.717, 1.165) is 16.7 Å². The minimum absolute atomic E-state index is 0.0410. The topological polar surface area (TPSA) is 37.3 Å². The predicted octanol–water partition coefficient (Wildman–Crippen LogP) is 3.05. The lowest BCUT2D eigenvalue weighted by Gasteiger charge is -2.04. The van der Waals surface area contributed by atoms with Crippen molar-refractivity contribution in [1.29, 1.82) is 0 Å². The Hall–Kier alpha value is -1.93. The molecule has 0 aliphatic carbocycles. The normalized spacial score (nSPS) is 10.2. The summed E-state index contributed by atoms with van der Waals surface area (Å²) in [4.78, 5) is 11.2. The Morgan fingerprint density at radius 3 is 2.35 bits per heavy atom. The smallest absolute Gasteiger partial charge is 0.159 e. The minimum atomic E-state index is 0.0410. The zero-order chi connectivity index (χ0) is 12.3. The average Bonchev–Trinajstić information content (AvgIpc) is 2.39. The first-order valence-electron chi connectivity index (χ1n) is 5.52. The van der Waals surface area contributed by atoms with Crippen LogP contribution in [0.1, 0.15) is 22.8 Å². The standard InChI is InChI=1S/C15H14O2/c1-11(17)13-5-7-14(8-6-13)15-4-2-3-12(9-15)10-16/h2-9,16H,10H2,1H3. The highest BCUT2D eigenvalue weighted by Gasteiger charge is 2.01. The summed E-state index contributed by atoms with van der Waals surface area (Å²) < 4.78 is 0. The Kier molecular flexibility index (Phi) is 3.35. The molecule has 2 heteroatoms. The van der Waals surface area contributed by atoms with Crippen LogP contribution in [0.5, 0.6) is 0 Å². The van der Waals surface area contributed by atoms with Crippen molar-refractivity contribution in [3.63, 3.8) is 0 Å². The molecule has 2 aromatic carbocycles. The molecule has 0 bridgehead atoms. The molecule has 2 rings (SSSR count). The molecular weight excluding hydrogens is 212 g/mol. The number of aliphatic hydroxyl groups excluding tert-OH is 1. The fourth-order valence-electron chi connectivity index (χ4n) is 1.75. The van der Waals surface area contributed by atoms with Gasteiger partial charge in [0.2, 0.25) is 0 Å². The Morgan fingerprint density at radius 2 is 1.76 bits per heavy atom. The summed E-state index contributed by atoms with van der Waals surface area (Å²) in [5.41, 5.74) is 3.70. The molecule has 0 radical (unpaired) electrons. The quantitative estimate of drug-likeness (QED) is 0.817. The van der Waals surface area contributed by atoms with Crippen LogP contribution < -0.4 is 0 Å². The molecule has 2 nitrogen and oxygen atoms in total. The van der Waals surface area contributed by atoms with Crippen LogP contribution in [0, 0.1) is 0 Å². The Labute approximate surface area is 101 Å². The maximum Gasteiger partial charge on any atom is 0.159 e. The lowest BCUT2D eigenvalue weighted by atomic mass is 10.0. The molecule has 0 unspecified atom stereocenters. The number of carbonyl (C=O) groups is 1. The van der Waals surface area contributed by atoms with Crippen molar-refractivity contribution in [2.45, 2.75) is 13.5 Å². The lowest BCUT2D eigenvalue weighted by Crippen LogP contribution is -1.91. The molecule has 0 saturated heterocycles. The van der Waals surface area contributed by atoms with Gasteiger partial charge >= 0.3 is 0 Å². The van der Waals surface area contributed by atoms with E-state index in [1.165, 1.54) is 0 Å². The van der Waals surface area contributed by atoms with Crippen LogP contribution in [0.15, 0.2) is 48.5 Å². The van der Waals surface area contributed by atoms with Gasteiger partial charge in [-0.15, -0.1) is 0 Å². The summed E-state index contributed by atoms with van der Waals surface area (Å²) >= 11 is 0. The van der Waals surface area contributed by atoms with Crippen LogP contribution in [-0.2, 0) is 6.61 Å². The molecule has 0 saturated carbocycles. The van der Waals surface area contributed by atoms with Crippen LogP contribution in [-0.4, -0.2) is 10.9 Å². The Bertz CT molecular complexity index is 527. The molecule has 17 heavy (non-hydrogen) atoms. The number of ketones is 1. The van der Waals surface area contributed by atoms with E-state index in [9.17, 15) is 4.79 Å². The molecule has 1 N–H and O–H groups in total. The zero-order valence-corrected chi connectivity index (χ0v) is 9.68. The molecule has 86 valence electrons. The molecule has 0 spiro atoms. The predicted molar refractivity (Wildman–Crippen MR) is 67.8 cm³/mol. The number of rotatable bonds is 3. The highest BCUT2D eigenvalue weighted by atomic mass is 16.3. The third-order valence-electron chi connectivity index (χ3n) is 2.73. The summed E-state index contributed by atoms with van der Waals surface area (Å²) in [5, 5.41) is 9.08. The van der Waals surface area contributed by atoms with Crippen molar-refractivity contribution in [3.8, 4) is 11.1 Å². The number of aliphatic hydroxyl groups is 1. The minimum Gasteiger partial charge on any atom is -0.392 e. The number of benzene rings is 2. The second kappa shape index (κ2) is 4.93. The molecule has 0 heterocycles. The van der Waals surface area contributed by atoms with Crippen LogP contribution in [0.3, 0.4) is 0 Å². The van der Waals surface area contributed by atoms with E-state index in [1.807, 2.05) is 48.5 Å². The lowest BCUT2D eigenvalue weighted by molar-refractivity contribution is 0.101. The molecule has 0 aromatic heterocycles. The first-order valence-corrected chi connectivity index (χ1v) is 5.52. The van der Waals surface area contributed by atoms with Crippen molar-refractivity contribution in [3.05, 3.63) is 59.7 Å². The van der Waals surface area contributed by atoms with E-state index in [4.69, 9.17) is 5.11 Å². The fraction of sp³-hybridized carbons (Fsp3) is 0.133. The van der Waals surface area contributed by atoms with Gasteiger partial charge in [-0.3, -0.25) is 4.79 Å². The van der Waals surface area contributed by atoms with Crippen molar-refractivity contribution in [1.82, 2.24) is 0 Å². The first kappa shape index (κ1) is 11.6. The highest BCUT2D eigenvalue weighted by molar-refractivity contribution is 5.94. The van der Waals surface area contributed by atoms with Gasteiger partial charge in [0.15, 0.2) is 5.78 Å². The van der Waals surface area contributed by atoms with E-state index in [2.05, 4.69) is 0 Å². The molecule has 0 amide bonds. The highest BCUT2D eigenvalue weighted by Crippen LogP contribution is 2.21. The largest absolute Gasteiger partial charge is 0.392 e. The maximum atomic E-state index is 11.2. The first-order chi connectivity index (χ1) is 8.20. The number of hydrogen-bond acceptors (Lipinski definition) is 2. The molecule has 0 atom stereocenters. The van der Waals surface area contributed by atoms with Gasteiger partial charge in [-0.1, -0.05) is 42.5 Å². The molecule has 0 fully saturated rings. The van der Waals surface area contributed by atoms with Gasteiger partial charge in [-0.05, 0) is 29.7 Å². The number of carbonyl (C=O) groups excluding carboxylic acids is 1. The second-order valence-corrected chi connectivity index (χ2v) is 3.99. The van der Waals surface area contributed by atoms with Crippen molar-refractivity contribution >= 4 is 5.78 Å². The van der Waals surface area contributed by atoms with Crippen LogP contribution >= 0.6 is 0 Å². The van der Waals surface area contributed by atoms with Gasteiger partial charge in [-0.2, -0.15) is 0 Å². The monoisotopic (exact) mass is 226 g/mol. The van der Waals surface area contributed by atoms with Crippen LogP contribution in [0.2, 0.25) is 0 Å². The SMILES string of the molecule is CC(=O)c1ccc(-c2cccc(CO)c2)cc1. The van der Waals surface area contributed by atoms with Gasteiger partial charge in [0.1, 0.15) is 0 Å². The van der Waals surface area contributed by atoms with Gasteiger partial charge < -0.3 is 5.11 Å².